The van der Waals surface area contributed by atoms with Crippen LogP contribution < -0.4 is 0 Å². The highest BCUT2D eigenvalue weighted by atomic mass is 32.2. The number of thioether (sulfide) groups is 1. The number of benzene rings is 1. The molecule has 0 atom stereocenters. The zero-order chi connectivity index (χ0) is 8.10. The van der Waals surface area contributed by atoms with Crippen molar-refractivity contribution in [2.45, 2.75) is 0 Å². The molecule has 1 rings (SSSR count). The van der Waals surface area contributed by atoms with Gasteiger partial charge in [-0.05, 0) is 23.3 Å². The van der Waals surface area contributed by atoms with E-state index in [0.717, 1.165) is 5.56 Å². The van der Waals surface area contributed by atoms with Crippen LogP contribution in [0.25, 0.3) is 6.08 Å². The first kappa shape index (κ1) is 6.05. The van der Waals surface area contributed by atoms with E-state index in [2.05, 4.69) is 0 Å². The van der Waals surface area contributed by atoms with Gasteiger partial charge in [0.15, 0.2) is 0 Å². The van der Waals surface area contributed by atoms with Crippen LogP contribution in [0, 0.1) is 0 Å². The smallest absolute Gasteiger partial charge is 0.0697 e. The van der Waals surface area contributed by atoms with Crippen LogP contribution in [-0.2, 0) is 0 Å². The minimum atomic E-state index is 0.594. The van der Waals surface area contributed by atoms with Gasteiger partial charge in [-0.1, -0.05) is 30.3 Å². The molecule has 0 bridgehead atoms. The summed E-state index contributed by atoms with van der Waals surface area (Å²) in [4.78, 5) is 0. The standard InChI is InChI=1S/C9H10S/c1-10-8-7-9-5-3-2-4-6-9/h2-8H,1H3/b8-7+/i8D. The molecule has 0 aliphatic carbocycles. The van der Waals surface area contributed by atoms with Crippen LogP contribution in [0.2, 0.25) is 0 Å². The second-order valence-electron chi connectivity index (χ2n) is 1.88. The van der Waals surface area contributed by atoms with Crippen molar-refractivity contribution in [3.8, 4) is 0 Å². The molecule has 0 spiro atoms. The summed E-state index contributed by atoms with van der Waals surface area (Å²) in [6, 6.07) is 9.90. The summed E-state index contributed by atoms with van der Waals surface area (Å²) in [6.07, 6.45) is 3.76. The quantitative estimate of drug-likeness (QED) is 0.626. The van der Waals surface area contributed by atoms with Gasteiger partial charge in [0.05, 0.1) is 1.37 Å². The van der Waals surface area contributed by atoms with Gasteiger partial charge in [-0.2, -0.15) is 0 Å². The maximum Gasteiger partial charge on any atom is 0.0697 e. The van der Waals surface area contributed by atoms with Crippen molar-refractivity contribution in [1.82, 2.24) is 0 Å². The molecule has 1 aromatic rings. The Labute approximate surface area is 67.4 Å². The van der Waals surface area contributed by atoms with Gasteiger partial charge in [-0.15, -0.1) is 11.8 Å². The first-order chi connectivity index (χ1) is 5.33. The molecule has 0 nitrogen and oxygen atoms in total. The monoisotopic (exact) mass is 151 g/mol. The number of hydrogen-bond donors (Lipinski definition) is 0. The van der Waals surface area contributed by atoms with Crippen molar-refractivity contribution < 1.29 is 1.37 Å². The molecular formula is C9H10S. The minimum absolute atomic E-state index is 0.594. The number of hydrogen-bond acceptors (Lipinski definition) is 1. The summed E-state index contributed by atoms with van der Waals surface area (Å²) in [6.45, 7) is 0. The van der Waals surface area contributed by atoms with Gasteiger partial charge in [0.2, 0.25) is 0 Å². The lowest BCUT2D eigenvalue weighted by Crippen LogP contribution is -1.65. The highest BCUT2D eigenvalue weighted by molar-refractivity contribution is 8.01. The highest BCUT2D eigenvalue weighted by Crippen LogP contribution is 2.04. The summed E-state index contributed by atoms with van der Waals surface area (Å²) < 4.78 is 7.38. The van der Waals surface area contributed by atoms with Gasteiger partial charge in [-0.25, -0.2) is 0 Å². The third-order valence-electron chi connectivity index (χ3n) is 1.14. The average Bonchev–Trinajstić information content (AvgIpc) is 2.06. The lowest BCUT2D eigenvalue weighted by Gasteiger charge is -1.88. The summed E-state index contributed by atoms with van der Waals surface area (Å²) in [7, 11) is 0. The second kappa shape index (κ2) is 4.18. The lowest BCUT2D eigenvalue weighted by molar-refractivity contribution is 1.67. The van der Waals surface area contributed by atoms with E-state index in [4.69, 9.17) is 1.37 Å². The Morgan fingerprint density at radius 3 is 2.70 bits per heavy atom. The third-order valence-corrected chi connectivity index (χ3v) is 1.50. The highest BCUT2D eigenvalue weighted by Gasteiger charge is 1.79. The van der Waals surface area contributed by atoms with Crippen molar-refractivity contribution >= 4 is 17.8 Å². The average molecular weight is 151 g/mol. The molecule has 0 saturated carbocycles. The van der Waals surface area contributed by atoms with Crippen LogP contribution in [0.3, 0.4) is 0 Å². The van der Waals surface area contributed by atoms with E-state index in [1.54, 1.807) is 0 Å². The fraction of sp³-hybridized carbons (Fsp3) is 0.111. The van der Waals surface area contributed by atoms with Crippen LogP contribution in [0.4, 0.5) is 0 Å². The molecule has 1 aromatic carbocycles. The molecule has 0 amide bonds. The van der Waals surface area contributed by atoms with E-state index in [1.807, 2.05) is 42.7 Å². The molecule has 0 aliphatic heterocycles. The molecule has 52 valence electrons. The largest absolute Gasteiger partial charge is 0.138 e. The lowest BCUT2D eigenvalue weighted by atomic mass is 10.2. The number of rotatable bonds is 2. The fourth-order valence-electron chi connectivity index (χ4n) is 0.676. The predicted octanol–water partition coefficient (Wildman–Crippen LogP) is 3.02. The van der Waals surface area contributed by atoms with E-state index < -0.39 is 0 Å². The molecule has 0 heterocycles. The maximum absolute atomic E-state index is 7.38. The molecule has 0 aromatic heterocycles. The van der Waals surface area contributed by atoms with E-state index in [9.17, 15) is 0 Å². The van der Waals surface area contributed by atoms with E-state index in [1.165, 1.54) is 11.8 Å². The molecule has 0 N–H and O–H groups in total. The van der Waals surface area contributed by atoms with Crippen LogP contribution in [-0.4, -0.2) is 6.26 Å². The topological polar surface area (TPSA) is 0 Å². The molecule has 1 heteroatoms. The Hall–Kier alpha value is -0.690. The summed E-state index contributed by atoms with van der Waals surface area (Å²) in [5.41, 5.74) is 1.09. The van der Waals surface area contributed by atoms with Gasteiger partial charge >= 0.3 is 0 Å². The van der Waals surface area contributed by atoms with Crippen LogP contribution in [0.5, 0.6) is 0 Å². The molecule has 0 fully saturated rings. The predicted molar refractivity (Wildman–Crippen MR) is 49.0 cm³/mol. The van der Waals surface area contributed by atoms with Crippen LogP contribution in [0.1, 0.15) is 6.93 Å². The molecule has 0 unspecified atom stereocenters. The van der Waals surface area contributed by atoms with Gasteiger partial charge in [0.1, 0.15) is 0 Å². The summed E-state index contributed by atoms with van der Waals surface area (Å²) >= 11 is 1.45. The summed E-state index contributed by atoms with van der Waals surface area (Å²) in [5.74, 6) is 0. The SMILES string of the molecule is [2H]/C(=C\c1ccccc1)SC. The Morgan fingerprint density at radius 1 is 1.40 bits per heavy atom. The Morgan fingerprint density at radius 2 is 2.10 bits per heavy atom. The van der Waals surface area contributed by atoms with Crippen LogP contribution >= 0.6 is 11.8 Å². The zero-order valence-electron chi connectivity index (χ0n) is 6.87. The van der Waals surface area contributed by atoms with Gasteiger partial charge < -0.3 is 0 Å². The van der Waals surface area contributed by atoms with Crippen molar-refractivity contribution in [2.75, 3.05) is 6.26 Å². The third kappa shape index (κ3) is 2.28. The molecular weight excluding hydrogens is 140 g/mol. The Kier molecular flexibility index (Phi) is 2.53. The first-order valence-corrected chi connectivity index (χ1v) is 4.33. The van der Waals surface area contributed by atoms with E-state index in [-0.39, 0.29) is 0 Å². The zero-order valence-corrected chi connectivity index (χ0v) is 6.69. The van der Waals surface area contributed by atoms with E-state index in [0.29, 0.717) is 5.38 Å². The summed E-state index contributed by atoms with van der Waals surface area (Å²) in [5, 5.41) is 0.594. The van der Waals surface area contributed by atoms with Crippen molar-refractivity contribution in [2.24, 2.45) is 0 Å². The van der Waals surface area contributed by atoms with Gasteiger partial charge in [0, 0.05) is 0 Å². The maximum atomic E-state index is 7.38. The van der Waals surface area contributed by atoms with Crippen molar-refractivity contribution in [3.63, 3.8) is 0 Å². The molecule has 0 aliphatic rings. The first-order valence-electron chi connectivity index (χ1n) is 3.60. The van der Waals surface area contributed by atoms with E-state index >= 15 is 0 Å². The van der Waals surface area contributed by atoms with Crippen molar-refractivity contribution in [3.05, 3.63) is 41.3 Å². The van der Waals surface area contributed by atoms with Gasteiger partial charge in [-0.3, -0.25) is 0 Å². The molecule has 0 radical (unpaired) electrons. The Bertz CT molecular complexity index is 241. The van der Waals surface area contributed by atoms with Crippen molar-refractivity contribution in [1.29, 1.82) is 0 Å². The Balaban J connectivity index is 2.79. The second-order valence-corrected chi connectivity index (χ2v) is 2.52. The normalized spacial score (nSPS) is 12.9. The fourth-order valence-corrected chi connectivity index (χ4v) is 0.930. The molecule has 10 heavy (non-hydrogen) atoms. The molecule has 0 saturated heterocycles. The minimum Gasteiger partial charge on any atom is -0.138 e. The van der Waals surface area contributed by atoms with Crippen LogP contribution in [0.15, 0.2) is 35.7 Å². The van der Waals surface area contributed by atoms with Gasteiger partial charge in [0.25, 0.3) is 0 Å².